The van der Waals surface area contributed by atoms with Crippen molar-refractivity contribution in [2.24, 2.45) is 0 Å². The van der Waals surface area contributed by atoms with E-state index in [4.69, 9.17) is 0 Å². The zero-order valence-corrected chi connectivity index (χ0v) is 10.4. The molecule has 0 saturated heterocycles. The van der Waals surface area contributed by atoms with E-state index in [-0.39, 0.29) is 5.91 Å². The lowest BCUT2D eigenvalue weighted by atomic mass is 10.1. The Morgan fingerprint density at radius 2 is 2.12 bits per heavy atom. The molecule has 2 N–H and O–H groups in total. The van der Waals surface area contributed by atoms with E-state index in [9.17, 15) is 4.79 Å². The van der Waals surface area contributed by atoms with Gasteiger partial charge in [0, 0.05) is 17.6 Å². The molecule has 2 aromatic rings. The van der Waals surface area contributed by atoms with Crippen LogP contribution < -0.4 is 10.6 Å². The average Bonchev–Trinajstić information content (AvgIpc) is 2.83. The third kappa shape index (κ3) is 2.85. The first-order valence-corrected chi connectivity index (χ1v) is 6.42. The van der Waals surface area contributed by atoms with Crippen molar-refractivity contribution in [3.8, 4) is 0 Å². The average molecular weight is 246 g/mol. The summed E-state index contributed by atoms with van der Waals surface area (Å²) in [5, 5.41) is 9.89. The second kappa shape index (κ2) is 5.50. The number of thiophene rings is 1. The Morgan fingerprint density at radius 3 is 2.82 bits per heavy atom. The highest BCUT2D eigenvalue weighted by molar-refractivity contribution is 7.08. The summed E-state index contributed by atoms with van der Waals surface area (Å²) in [7, 11) is 0. The molecule has 0 spiro atoms. The van der Waals surface area contributed by atoms with Gasteiger partial charge in [-0.15, -0.1) is 0 Å². The summed E-state index contributed by atoms with van der Waals surface area (Å²) >= 11 is 1.56. The van der Waals surface area contributed by atoms with Gasteiger partial charge in [-0.3, -0.25) is 4.79 Å². The number of para-hydroxylation sites is 1. The van der Waals surface area contributed by atoms with Crippen LogP contribution in [0.1, 0.15) is 17.3 Å². The number of carbonyl (C=O) groups is 1. The molecule has 0 unspecified atom stereocenters. The minimum absolute atomic E-state index is 0.0834. The van der Waals surface area contributed by atoms with Gasteiger partial charge in [-0.1, -0.05) is 12.1 Å². The topological polar surface area (TPSA) is 41.1 Å². The molecule has 1 heterocycles. The molecule has 17 heavy (non-hydrogen) atoms. The molecule has 0 bridgehead atoms. The zero-order valence-electron chi connectivity index (χ0n) is 9.57. The van der Waals surface area contributed by atoms with Gasteiger partial charge in [-0.25, -0.2) is 0 Å². The van der Waals surface area contributed by atoms with Crippen molar-refractivity contribution in [1.29, 1.82) is 0 Å². The fraction of sp³-hybridized carbons (Fsp3) is 0.154. The number of hydrogen-bond acceptors (Lipinski definition) is 3. The third-order valence-electron chi connectivity index (χ3n) is 2.32. The van der Waals surface area contributed by atoms with Crippen LogP contribution in [0.3, 0.4) is 0 Å². The van der Waals surface area contributed by atoms with Crippen molar-refractivity contribution < 1.29 is 4.79 Å². The lowest BCUT2D eigenvalue weighted by molar-refractivity contribution is 0.102. The van der Waals surface area contributed by atoms with Gasteiger partial charge in [0.2, 0.25) is 0 Å². The van der Waals surface area contributed by atoms with Crippen LogP contribution in [0.2, 0.25) is 0 Å². The number of benzene rings is 1. The molecule has 1 aromatic carbocycles. The first kappa shape index (κ1) is 11.7. The molecular weight excluding hydrogens is 232 g/mol. The first-order valence-electron chi connectivity index (χ1n) is 5.47. The normalized spacial score (nSPS) is 9.94. The summed E-state index contributed by atoms with van der Waals surface area (Å²) < 4.78 is 0. The van der Waals surface area contributed by atoms with Crippen LogP contribution in [-0.4, -0.2) is 12.5 Å². The number of hydrogen-bond donors (Lipinski definition) is 2. The molecule has 3 nitrogen and oxygen atoms in total. The van der Waals surface area contributed by atoms with Gasteiger partial charge in [-0.05, 0) is 30.5 Å². The summed E-state index contributed by atoms with van der Waals surface area (Å²) in [5.74, 6) is -0.0834. The molecule has 88 valence electrons. The molecule has 2 rings (SSSR count). The summed E-state index contributed by atoms with van der Waals surface area (Å²) in [6, 6.07) is 9.40. The Labute approximate surface area is 104 Å². The standard InChI is InChI=1S/C13H14N2OS/c1-2-14-12-6-4-3-5-11(12)13(16)15-10-7-8-17-9-10/h3-9,14H,2H2,1H3,(H,15,16). The van der Waals surface area contributed by atoms with Gasteiger partial charge < -0.3 is 10.6 Å². The van der Waals surface area contributed by atoms with E-state index in [1.165, 1.54) is 0 Å². The number of anilines is 2. The highest BCUT2D eigenvalue weighted by Crippen LogP contribution is 2.18. The number of carbonyl (C=O) groups excluding carboxylic acids is 1. The minimum Gasteiger partial charge on any atom is -0.385 e. The van der Waals surface area contributed by atoms with E-state index in [2.05, 4.69) is 10.6 Å². The molecule has 0 aliphatic heterocycles. The van der Waals surface area contributed by atoms with E-state index in [1.54, 1.807) is 11.3 Å². The molecule has 0 radical (unpaired) electrons. The van der Waals surface area contributed by atoms with Crippen molar-refractivity contribution >= 4 is 28.6 Å². The Kier molecular flexibility index (Phi) is 3.77. The maximum absolute atomic E-state index is 12.1. The molecule has 0 saturated carbocycles. The second-order valence-corrected chi connectivity index (χ2v) is 4.32. The van der Waals surface area contributed by atoms with Crippen LogP contribution >= 0.6 is 11.3 Å². The maximum Gasteiger partial charge on any atom is 0.257 e. The number of nitrogens with one attached hydrogen (secondary N) is 2. The smallest absolute Gasteiger partial charge is 0.257 e. The molecular formula is C13H14N2OS. The van der Waals surface area contributed by atoms with Gasteiger partial charge >= 0.3 is 0 Å². The number of rotatable bonds is 4. The molecule has 0 atom stereocenters. The lowest BCUT2D eigenvalue weighted by Crippen LogP contribution is -2.14. The van der Waals surface area contributed by atoms with Gasteiger partial charge in [0.05, 0.1) is 11.3 Å². The van der Waals surface area contributed by atoms with Crippen LogP contribution in [0.15, 0.2) is 41.1 Å². The van der Waals surface area contributed by atoms with Crippen molar-refractivity contribution in [3.05, 3.63) is 46.7 Å². The van der Waals surface area contributed by atoms with Crippen LogP contribution in [-0.2, 0) is 0 Å². The highest BCUT2D eigenvalue weighted by atomic mass is 32.1. The fourth-order valence-corrected chi connectivity index (χ4v) is 2.15. The third-order valence-corrected chi connectivity index (χ3v) is 3.00. The largest absolute Gasteiger partial charge is 0.385 e. The Morgan fingerprint density at radius 1 is 1.29 bits per heavy atom. The Bertz CT molecular complexity index is 494. The van der Waals surface area contributed by atoms with Crippen LogP contribution in [0.25, 0.3) is 0 Å². The lowest BCUT2D eigenvalue weighted by Gasteiger charge is -2.09. The van der Waals surface area contributed by atoms with Gasteiger partial charge in [-0.2, -0.15) is 11.3 Å². The highest BCUT2D eigenvalue weighted by Gasteiger charge is 2.10. The predicted molar refractivity (Wildman–Crippen MR) is 72.9 cm³/mol. The number of amides is 1. The Hall–Kier alpha value is -1.81. The van der Waals surface area contributed by atoms with E-state index in [0.29, 0.717) is 5.56 Å². The SMILES string of the molecule is CCNc1ccccc1C(=O)Nc1ccsc1. The van der Waals surface area contributed by atoms with E-state index >= 15 is 0 Å². The van der Waals surface area contributed by atoms with Crippen molar-refractivity contribution in [2.75, 3.05) is 17.2 Å². The maximum atomic E-state index is 12.1. The monoisotopic (exact) mass is 246 g/mol. The minimum atomic E-state index is -0.0834. The molecule has 4 heteroatoms. The van der Waals surface area contributed by atoms with E-state index in [1.807, 2.05) is 48.0 Å². The molecule has 0 fully saturated rings. The van der Waals surface area contributed by atoms with E-state index < -0.39 is 0 Å². The quantitative estimate of drug-likeness (QED) is 0.867. The first-order chi connectivity index (χ1) is 8.31. The summed E-state index contributed by atoms with van der Waals surface area (Å²) in [6.07, 6.45) is 0. The van der Waals surface area contributed by atoms with Crippen LogP contribution in [0, 0.1) is 0 Å². The molecule has 1 aromatic heterocycles. The van der Waals surface area contributed by atoms with Crippen molar-refractivity contribution in [1.82, 2.24) is 0 Å². The zero-order chi connectivity index (χ0) is 12.1. The van der Waals surface area contributed by atoms with Crippen LogP contribution in [0.4, 0.5) is 11.4 Å². The molecule has 1 amide bonds. The van der Waals surface area contributed by atoms with Gasteiger partial charge in [0.25, 0.3) is 5.91 Å². The second-order valence-electron chi connectivity index (χ2n) is 3.54. The van der Waals surface area contributed by atoms with Gasteiger partial charge in [0.15, 0.2) is 0 Å². The summed E-state index contributed by atoms with van der Waals surface area (Å²) in [4.78, 5) is 12.1. The van der Waals surface area contributed by atoms with Crippen molar-refractivity contribution in [2.45, 2.75) is 6.92 Å². The van der Waals surface area contributed by atoms with Crippen LogP contribution in [0.5, 0.6) is 0 Å². The predicted octanol–water partition coefficient (Wildman–Crippen LogP) is 3.43. The summed E-state index contributed by atoms with van der Waals surface area (Å²) in [5.41, 5.74) is 2.37. The molecule has 0 aliphatic carbocycles. The van der Waals surface area contributed by atoms with Gasteiger partial charge in [0.1, 0.15) is 0 Å². The summed E-state index contributed by atoms with van der Waals surface area (Å²) in [6.45, 7) is 2.80. The molecule has 0 aliphatic rings. The van der Waals surface area contributed by atoms with Crippen molar-refractivity contribution in [3.63, 3.8) is 0 Å². The fourth-order valence-electron chi connectivity index (χ4n) is 1.56. The van der Waals surface area contributed by atoms with E-state index in [0.717, 1.165) is 17.9 Å². The Balaban J connectivity index is 2.18.